The van der Waals surface area contributed by atoms with E-state index in [1.165, 1.54) is 0 Å². The summed E-state index contributed by atoms with van der Waals surface area (Å²) in [5, 5.41) is 9.16. The minimum atomic E-state index is -6.11. The third-order valence-electron chi connectivity index (χ3n) is 10.0. The Bertz CT molecular complexity index is 4620. The number of nitrogens with zero attached hydrogens (tertiary/aromatic N) is 5. The quantitative estimate of drug-likeness (QED) is 0.144. The Balaban J connectivity index is 2.30. The average molecular weight is 1030 g/mol. The first-order valence-electron chi connectivity index (χ1n) is 46.7. The SMILES string of the molecule is [2H]C[C@]1([2H])/C(C)=C(\[2H])[C@@]([2H])(C)C(=O)C([2H])([2H])[C@@]([2H])([C@]([2H])(C)C([2H])([2H])[C@]2([2H])C([2H])([2H])C([2H])([2H])[C@]([2H])(n3nnnc3[2H])[C@]([2H])(OC)C2([2H])[2H])OC(=O)[C@@]2([2H])N(C(=O)C(=O)[C@]3(C)O[C@@]([2H])(C([2H])([2H])C([2H])([2H])[C@@]3([2H])C)C([2H])([2H])[C@]([2H])(OC([2H])([2H])[2H])/C(C([2H])([2H])[2H])=C([2H])/C([2H])=C([2H])/C([2H])=C(\[2H])[C@@]([2H])(C)C([2H])(C)[C@@]([2H])(C)C(=O)[C@]1([2H])OC)C([2H])([2H])C([2H])([2H])C([2H])([2H])C2([2H])[2H]. The molecule has 1 unspecified atom stereocenters. The van der Waals surface area contributed by atoms with Crippen LogP contribution in [0.5, 0.6) is 0 Å². The molecule has 0 N–H and O–H groups in total. The molecule has 2 saturated heterocycles. The topological polar surface area (TPSA) is 178 Å². The van der Waals surface area contributed by atoms with E-state index >= 15 is 24.0 Å². The molecule has 4 aliphatic rings. The van der Waals surface area contributed by atoms with Crippen molar-refractivity contribution in [3.63, 3.8) is 0 Å². The molecular formula is C55H85N5O10. The van der Waals surface area contributed by atoms with Gasteiger partial charge in [-0.2, -0.15) is 0 Å². The van der Waals surface area contributed by atoms with Gasteiger partial charge in [0.2, 0.25) is 0 Å². The van der Waals surface area contributed by atoms with Crippen molar-refractivity contribution in [1.82, 2.24) is 25.1 Å². The number of amides is 1. The van der Waals surface area contributed by atoms with E-state index in [1.54, 1.807) is 0 Å². The number of rotatable bonds is 7. The van der Waals surface area contributed by atoms with Gasteiger partial charge < -0.3 is 28.6 Å². The number of aromatic nitrogens is 4. The van der Waals surface area contributed by atoms with E-state index in [0.717, 1.165) is 0 Å². The molecule has 1 aliphatic carbocycles. The number of fused-ring (bicyclic) bond motifs is 3. The summed E-state index contributed by atoms with van der Waals surface area (Å²) in [6, 6.07) is -23.8. The van der Waals surface area contributed by atoms with Crippen LogP contribution >= 0.6 is 0 Å². The van der Waals surface area contributed by atoms with Crippen LogP contribution in [0.4, 0.5) is 0 Å². The van der Waals surface area contributed by atoms with Gasteiger partial charge in [-0.15, -0.1) is 5.10 Å². The Kier molecular flexibility index (Phi) is 6.80. The number of hydrogen-bond acceptors (Lipinski definition) is 13. The zero-order valence-corrected chi connectivity index (χ0v) is 39.0. The number of methoxy groups -OCH3 is 3. The first kappa shape index (κ1) is 18.3. The van der Waals surface area contributed by atoms with Crippen LogP contribution in [0.25, 0.3) is 0 Å². The van der Waals surface area contributed by atoms with Crippen LogP contribution in [0.2, 0.25) is 0 Å². The number of cyclic esters (lactones) is 1. The van der Waals surface area contributed by atoms with Gasteiger partial charge in [-0.3, -0.25) is 19.2 Å². The Hall–Kier alpha value is -4.18. The fourth-order valence-electron chi connectivity index (χ4n) is 5.69. The second kappa shape index (κ2) is 26.0. The molecule has 0 spiro atoms. The van der Waals surface area contributed by atoms with Gasteiger partial charge in [-0.05, 0) is 124 Å². The number of carbonyl (C=O) groups excluding carboxylic acids is 5. The summed E-state index contributed by atoms with van der Waals surface area (Å²) in [5.41, 5.74) is -9.38. The van der Waals surface area contributed by atoms with Gasteiger partial charge in [0.15, 0.2) is 5.78 Å². The number of carbonyl (C=O) groups is 5. The van der Waals surface area contributed by atoms with E-state index in [9.17, 15) is 49.3 Å². The van der Waals surface area contributed by atoms with Crippen molar-refractivity contribution in [2.75, 3.05) is 27.8 Å². The van der Waals surface area contributed by atoms with Crippen molar-refractivity contribution in [2.45, 2.75) is 187 Å². The molecule has 1 amide bonds. The third-order valence-corrected chi connectivity index (χ3v) is 10.0. The number of piperidine rings is 1. The second-order valence-electron chi connectivity index (χ2n) is 14.5. The highest BCUT2D eigenvalue weighted by molar-refractivity contribution is 6.39. The third kappa shape index (κ3) is 13.9. The van der Waals surface area contributed by atoms with Gasteiger partial charge in [-0.1, -0.05) is 90.3 Å². The molecule has 1 aromatic rings. The van der Waals surface area contributed by atoms with Crippen molar-refractivity contribution in [1.29, 1.82) is 0 Å². The van der Waals surface area contributed by atoms with Crippen LogP contribution < -0.4 is 0 Å². The minimum absolute atomic E-state index is 0.0588. The zero-order valence-electron chi connectivity index (χ0n) is 92.0. The fourth-order valence-corrected chi connectivity index (χ4v) is 5.69. The average Bonchev–Trinajstić information content (AvgIpc) is 1.23. The molecule has 3 fully saturated rings. The van der Waals surface area contributed by atoms with Crippen LogP contribution in [-0.2, 0) is 47.7 Å². The monoisotopic (exact) mass is 1030 g/mol. The van der Waals surface area contributed by atoms with Gasteiger partial charge in [0, 0.05) is 108 Å². The molecule has 5 rings (SSSR count). The Morgan fingerprint density at radius 1 is 0.986 bits per heavy atom. The number of Topliss-reactive ketones (excluding diaryl/α,β-unsaturated/α-hetero) is 3. The van der Waals surface area contributed by atoms with Crippen LogP contribution in [0.15, 0.2) is 53.8 Å². The van der Waals surface area contributed by atoms with E-state index in [4.69, 9.17) is 42.3 Å². The van der Waals surface area contributed by atoms with Crippen molar-refractivity contribution in [3.8, 4) is 0 Å². The summed E-state index contributed by atoms with van der Waals surface area (Å²) < 4.78 is 514. The predicted molar refractivity (Wildman–Crippen MR) is 267 cm³/mol. The number of tetrazole rings is 1. The lowest BCUT2D eigenvalue weighted by molar-refractivity contribution is -0.184. The molecule has 0 aromatic carbocycles. The predicted octanol–water partition coefficient (Wildman–Crippen LogP) is 8.64. The molecule has 70 heavy (non-hydrogen) atoms. The normalized spacial score (nSPS) is 76.7. The number of hydrogen-bond donors (Lipinski definition) is 0. The van der Waals surface area contributed by atoms with E-state index in [2.05, 4.69) is 20.3 Å². The van der Waals surface area contributed by atoms with E-state index < -0.39 is 292 Å². The van der Waals surface area contributed by atoms with Gasteiger partial charge >= 0.3 is 5.97 Å². The van der Waals surface area contributed by atoms with Crippen molar-refractivity contribution in [2.24, 2.45) is 47.2 Å². The smallest absolute Gasteiger partial charge is 0.329 e. The number of esters is 1. The van der Waals surface area contributed by atoms with Crippen molar-refractivity contribution < 1.29 is 120 Å². The molecule has 0 radical (unpaired) electrons. The highest BCUT2D eigenvalue weighted by Crippen LogP contribution is 2.40. The molecule has 16 atom stereocenters. The van der Waals surface area contributed by atoms with Gasteiger partial charge in [0.1, 0.15) is 37.2 Å². The maximum absolute atomic E-state index is 16.3. The molecule has 1 aromatic heterocycles. The van der Waals surface area contributed by atoms with Crippen LogP contribution in [0.1, 0.15) is 218 Å². The van der Waals surface area contributed by atoms with E-state index in [-0.39, 0.29) is 34.8 Å². The van der Waals surface area contributed by atoms with Crippen molar-refractivity contribution in [3.05, 3.63) is 53.8 Å². The van der Waals surface area contributed by atoms with Gasteiger partial charge in [0.25, 0.3) is 11.7 Å². The van der Waals surface area contributed by atoms with Crippen LogP contribution in [0, 0.1) is 47.2 Å². The number of ketones is 3. The largest absolute Gasteiger partial charge is 0.460 e. The first-order chi connectivity index (χ1) is 53.5. The lowest BCUT2D eigenvalue weighted by Crippen LogP contribution is -2.59. The highest BCUT2D eigenvalue weighted by atomic mass is 16.5. The zero-order chi connectivity index (χ0) is 98.6. The molecule has 4 heterocycles. The molecule has 2 bridgehead atoms. The Labute approximate surface area is 492 Å². The second-order valence-corrected chi connectivity index (χ2v) is 14.5. The molecule has 15 heteroatoms. The van der Waals surface area contributed by atoms with E-state index in [0.29, 0.717) is 27.9 Å². The lowest BCUT2D eigenvalue weighted by atomic mass is 9.77. The van der Waals surface area contributed by atoms with Crippen molar-refractivity contribution >= 4 is 29.2 Å². The maximum atomic E-state index is 16.3. The standard InChI is InChI=1S/C55H85N5O10/c1-33-19-15-14-16-20-34(2)47(66-11)30-43-24-22-38(6)55(10,70-43)52(63)53(64)59-26-18-17-21-45(59)54(65)69-48(37(5)28-42-23-25-44(49(29-42)67-12)60-32-56-57-58-60)31-46(61)36(4)27-35(3)40(8)51(68-13)50(62)41(9)39(33)7/h14-16,19-20,27,32-33,36-45,47-49,51H,17-18,21-26,28-31H2,1-13H3/b16-14+,19-15+,34-20+,35-27+/t33-,36-,37-,38-,39?,40-,41-,42+,43+,44+,45+,47+,48+,49-,51-,55-/m1/s1/i2D3,8D,11D3,14D,15D,16D,17D2,18D2,19D,20D,21D2,22D2,23D2,24D2,25D2,26D2,27D,28D2,29D2,30D2,31D2,32D,33D,36D,37D,38D,39D,40D,41D,42D,43D,44D,45D,47D,48D,49D,51D. The number of ether oxygens (including phenoxy) is 5. The summed E-state index contributed by atoms with van der Waals surface area (Å²) in [7, 11) is -4.27. The lowest BCUT2D eigenvalue weighted by Gasteiger charge is -2.44. The summed E-state index contributed by atoms with van der Waals surface area (Å²) in [4.78, 5) is 77.8. The minimum Gasteiger partial charge on any atom is -0.460 e. The summed E-state index contributed by atoms with van der Waals surface area (Å²) in [5.74, 6) is -52.0. The molecule has 390 valence electrons. The maximum Gasteiger partial charge on any atom is 0.329 e. The van der Waals surface area contributed by atoms with Crippen LogP contribution in [-0.4, -0.2) is 124 Å². The Morgan fingerprint density at radius 2 is 1.77 bits per heavy atom. The summed E-state index contributed by atoms with van der Waals surface area (Å²) in [6.45, 7) is -12.0. The number of allylic oxidation sites excluding steroid dienone is 6. The van der Waals surface area contributed by atoms with Crippen LogP contribution in [0.3, 0.4) is 0 Å². The fraction of sp³-hybridized carbons (Fsp3) is 0.745. The molecule has 1 saturated carbocycles. The summed E-state index contributed by atoms with van der Waals surface area (Å²) >= 11 is 0. The molecule has 15 nitrogen and oxygen atoms in total. The highest BCUT2D eigenvalue weighted by Gasteiger charge is 2.51. The Morgan fingerprint density at radius 3 is 2.46 bits per heavy atom. The summed E-state index contributed by atoms with van der Waals surface area (Å²) in [6.07, 6.45) is -87.0. The van der Waals surface area contributed by atoms with E-state index in [1.807, 2.05) is 0 Å². The molecular weight excluding hydrogens is 891 g/mol. The molecule has 3 aliphatic heterocycles. The van der Waals surface area contributed by atoms with Gasteiger partial charge in [-0.25, -0.2) is 9.48 Å². The van der Waals surface area contributed by atoms with Gasteiger partial charge in [0.05, 0.1) is 46.2 Å². The first-order valence-corrected chi connectivity index (χ1v) is 20.0.